The second-order valence-electron chi connectivity index (χ2n) is 8.76. The number of carbonyl (C=O) groups excluding carboxylic acids is 1. The molecule has 4 aromatic rings. The number of fused-ring (bicyclic) bond motifs is 1. The maximum Gasteiger partial charge on any atom is 0.274 e. The molecule has 0 unspecified atom stereocenters. The largest absolute Gasteiger partial charge is 0.382 e. The van der Waals surface area contributed by atoms with Crippen molar-refractivity contribution in [3.05, 3.63) is 80.4 Å². The maximum absolute atomic E-state index is 13.8. The maximum atomic E-state index is 13.8. The molecule has 6 N–H and O–H groups in total. The van der Waals surface area contributed by atoms with Crippen LogP contribution in [0.15, 0.2) is 47.3 Å². The SMILES string of the molecule is N#Cc1c(N)nc(N)nc1N1CCC[C@H]1c1nc2cccc(Cl)c2c(=O)n1Cc1ccc(C(=O)NO)cc1. The summed E-state index contributed by atoms with van der Waals surface area (Å²) in [7, 11) is 0. The molecular formula is C25H22ClN9O3. The summed E-state index contributed by atoms with van der Waals surface area (Å²) in [5, 5.41) is 19.2. The Morgan fingerprint density at radius 3 is 2.66 bits per heavy atom. The van der Waals surface area contributed by atoms with Crippen LogP contribution in [0, 0.1) is 11.3 Å². The summed E-state index contributed by atoms with van der Waals surface area (Å²) in [6, 6.07) is 13.2. The van der Waals surface area contributed by atoms with Crippen LogP contribution in [0.3, 0.4) is 0 Å². The summed E-state index contributed by atoms with van der Waals surface area (Å²) in [5.74, 6) is 0.00500. The van der Waals surface area contributed by atoms with Gasteiger partial charge in [0.15, 0.2) is 5.82 Å². The van der Waals surface area contributed by atoms with Gasteiger partial charge < -0.3 is 16.4 Å². The first kappa shape index (κ1) is 24.9. The lowest BCUT2D eigenvalue weighted by molar-refractivity contribution is 0.0706. The molecule has 1 saturated heterocycles. The van der Waals surface area contributed by atoms with Crippen LogP contribution in [0.4, 0.5) is 17.6 Å². The van der Waals surface area contributed by atoms with Gasteiger partial charge >= 0.3 is 0 Å². The van der Waals surface area contributed by atoms with Crippen LogP contribution in [-0.2, 0) is 6.54 Å². The van der Waals surface area contributed by atoms with Gasteiger partial charge in [-0.15, -0.1) is 0 Å². The van der Waals surface area contributed by atoms with Gasteiger partial charge in [-0.3, -0.25) is 19.4 Å². The van der Waals surface area contributed by atoms with Gasteiger partial charge in [0.25, 0.3) is 11.5 Å². The fourth-order valence-electron chi connectivity index (χ4n) is 4.74. The molecule has 1 fully saturated rings. The molecule has 0 bridgehead atoms. The van der Waals surface area contributed by atoms with Crippen LogP contribution in [0.2, 0.25) is 5.02 Å². The van der Waals surface area contributed by atoms with Crippen LogP contribution in [-0.4, -0.2) is 37.2 Å². The number of rotatable bonds is 5. The fourth-order valence-corrected chi connectivity index (χ4v) is 4.99. The van der Waals surface area contributed by atoms with E-state index in [0.29, 0.717) is 29.9 Å². The summed E-state index contributed by atoms with van der Waals surface area (Å²) >= 11 is 6.41. The van der Waals surface area contributed by atoms with E-state index in [1.165, 1.54) is 4.57 Å². The summed E-state index contributed by atoms with van der Waals surface area (Å²) < 4.78 is 1.54. The zero-order valence-corrected chi connectivity index (χ0v) is 20.7. The van der Waals surface area contributed by atoms with Gasteiger partial charge in [-0.25, -0.2) is 10.5 Å². The highest BCUT2D eigenvalue weighted by atomic mass is 35.5. The normalized spacial score (nSPS) is 15.0. The van der Waals surface area contributed by atoms with Gasteiger partial charge in [-0.2, -0.15) is 15.2 Å². The standard InChI is InChI=1S/C25H22ClN9O3/c26-16-3-1-4-17-19(16)24(37)35(12-13-6-8-14(9-7-13)23(36)33-38)22(30-17)18-5-2-10-34(18)21-15(11-27)20(28)31-25(29)32-21/h1,3-4,6-9,18,38H,2,5,10,12H2,(H,33,36)(H4,28,29,31,32)/t18-/m0/s1. The number of amides is 1. The van der Waals surface area contributed by atoms with Crippen molar-refractivity contribution in [2.24, 2.45) is 0 Å². The predicted molar refractivity (Wildman–Crippen MR) is 141 cm³/mol. The number of aromatic nitrogens is 4. The van der Waals surface area contributed by atoms with Crippen LogP contribution < -0.4 is 27.4 Å². The van der Waals surface area contributed by atoms with Crippen LogP contribution in [0.25, 0.3) is 10.9 Å². The average molecular weight is 532 g/mol. The van der Waals surface area contributed by atoms with Gasteiger partial charge in [0, 0.05) is 12.1 Å². The van der Waals surface area contributed by atoms with E-state index < -0.39 is 11.9 Å². The molecule has 192 valence electrons. The number of hydrogen-bond donors (Lipinski definition) is 4. The molecular weight excluding hydrogens is 510 g/mol. The molecule has 5 rings (SSSR count). The van der Waals surface area contributed by atoms with Crippen molar-refractivity contribution in [3.8, 4) is 6.07 Å². The minimum Gasteiger partial charge on any atom is -0.382 e. The Hall–Kier alpha value is -4.73. The summed E-state index contributed by atoms with van der Waals surface area (Å²) in [6.07, 6.45) is 1.37. The van der Waals surface area contributed by atoms with Gasteiger partial charge in [0.05, 0.1) is 28.5 Å². The van der Waals surface area contributed by atoms with E-state index in [1.807, 2.05) is 4.90 Å². The van der Waals surface area contributed by atoms with E-state index in [2.05, 4.69) is 16.0 Å². The highest BCUT2D eigenvalue weighted by Crippen LogP contribution is 2.37. The Morgan fingerprint density at radius 1 is 1.18 bits per heavy atom. The van der Waals surface area contributed by atoms with E-state index in [4.69, 9.17) is 33.3 Å². The molecule has 1 atom stereocenters. The molecule has 2 aromatic carbocycles. The first-order valence-electron chi connectivity index (χ1n) is 11.6. The molecule has 2 aromatic heterocycles. The van der Waals surface area contributed by atoms with Gasteiger partial charge in [-0.1, -0.05) is 29.8 Å². The van der Waals surface area contributed by atoms with Crippen molar-refractivity contribution in [1.82, 2.24) is 25.0 Å². The van der Waals surface area contributed by atoms with Crippen molar-refractivity contribution in [2.75, 3.05) is 22.9 Å². The molecule has 0 saturated carbocycles. The van der Waals surface area contributed by atoms with E-state index in [1.54, 1.807) is 47.9 Å². The topological polar surface area (TPSA) is 189 Å². The molecule has 1 aliphatic rings. The molecule has 3 heterocycles. The first-order valence-corrected chi connectivity index (χ1v) is 12.0. The highest BCUT2D eigenvalue weighted by molar-refractivity contribution is 6.35. The monoisotopic (exact) mass is 531 g/mol. The third-order valence-corrected chi connectivity index (χ3v) is 6.81. The second-order valence-corrected chi connectivity index (χ2v) is 9.17. The molecule has 0 aliphatic carbocycles. The molecule has 0 radical (unpaired) electrons. The van der Waals surface area contributed by atoms with Crippen molar-refractivity contribution in [2.45, 2.75) is 25.4 Å². The van der Waals surface area contributed by atoms with Gasteiger partial charge in [0.2, 0.25) is 5.95 Å². The lowest BCUT2D eigenvalue weighted by Gasteiger charge is -2.28. The number of halogens is 1. The number of nitriles is 1. The van der Waals surface area contributed by atoms with E-state index in [9.17, 15) is 14.9 Å². The molecule has 13 heteroatoms. The van der Waals surface area contributed by atoms with Crippen molar-refractivity contribution in [3.63, 3.8) is 0 Å². The summed E-state index contributed by atoms with van der Waals surface area (Å²) in [4.78, 5) is 40.5. The van der Waals surface area contributed by atoms with Crippen LogP contribution >= 0.6 is 11.6 Å². The second kappa shape index (κ2) is 9.97. The molecule has 12 nitrogen and oxygen atoms in total. The third-order valence-electron chi connectivity index (χ3n) is 6.49. The fraction of sp³-hybridized carbons (Fsp3) is 0.200. The van der Waals surface area contributed by atoms with Crippen molar-refractivity contribution in [1.29, 1.82) is 5.26 Å². The number of hydrogen-bond acceptors (Lipinski definition) is 10. The van der Waals surface area contributed by atoms with Crippen molar-refractivity contribution < 1.29 is 10.0 Å². The minimum atomic E-state index is -0.646. The van der Waals surface area contributed by atoms with Gasteiger partial charge in [-0.05, 0) is 42.7 Å². The number of nitrogens with zero attached hydrogens (tertiary/aromatic N) is 6. The number of anilines is 3. The summed E-state index contributed by atoms with van der Waals surface area (Å²) in [6.45, 7) is 0.663. The number of nitrogens with two attached hydrogens (primary N) is 2. The van der Waals surface area contributed by atoms with E-state index in [-0.39, 0.29) is 51.2 Å². The number of hydroxylamine groups is 1. The quantitative estimate of drug-likeness (QED) is 0.220. The smallest absolute Gasteiger partial charge is 0.274 e. The first-order chi connectivity index (χ1) is 18.3. The number of nitrogen functional groups attached to an aromatic ring is 2. The Balaban J connectivity index is 1.67. The Kier molecular flexibility index (Phi) is 6.54. The predicted octanol–water partition coefficient (Wildman–Crippen LogP) is 2.38. The van der Waals surface area contributed by atoms with E-state index >= 15 is 0 Å². The lowest BCUT2D eigenvalue weighted by Crippen LogP contribution is -2.33. The molecule has 1 aliphatic heterocycles. The van der Waals surface area contributed by atoms with Gasteiger partial charge in [0.1, 0.15) is 23.3 Å². The van der Waals surface area contributed by atoms with Crippen LogP contribution in [0.1, 0.15) is 46.2 Å². The Bertz CT molecular complexity index is 1660. The molecule has 0 spiro atoms. The zero-order chi connectivity index (χ0) is 27.0. The lowest BCUT2D eigenvalue weighted by atomic mass is 10.1. The van der Waals surface area contributed by atoms with Crippen molar-refractivity contribution >= 4 is 46.0 Å². The van der Waals surface area contributed by atoms with E-state index in [0.717, 1.165) is 6.42 Å². The number of carbonyl (C=O) groups is 1. The Morgan fingerprint density at radius 2 is 1.95 bits per heavy atom. The zero-order valence-electron chi connectivity index (χ0n) is 19.9. The minimum absolute atomic E-state index is 0.0247. The molecule has 1 amide bonds. The number of benzene rings is 2. The van der Waals surface area contributed by atoms with Crippen LogP contribution in [0.5, 0.6) is 0 Å². The Labute approximate surface area is 221 Å². The third kappa shape index (κ3) is 4.34. The average Bonchev–Trinajstić information content (AvgIpc) is 3.39. The highest BCUT2D eigenvalue weighted by Gasteiger charge is 2.34. The molecule has 38 heavy (non-hydrogen) atoms. The summed E-state index contributed by atoms with van der Waals surface area (Å²) in [5.41, 5.74) is 14.6. The number of nitrogens with one attached hydrogen (secondary N) is 1.